The van der Waals surface area contributed by atoms with Crippen molar-refractivity contribution in [2.75, 3.05) is 0 Å². The van der Waals surface area contributed by atoms with Crippen LogP contribution in [0.3, 0.4) is 0 Å². The predicted molar refractivity (Wildman–Crippen MR) is 158 cm³/mol. The van der Waals surface area contributed by atoms with Gasteiger partial charge in [0, 0.05) is 33.3 Å². The zero-order chi connectivity index (χ0) is 26.2. The zero-order valence-corrected chi connectivity index (χ0v) is 22.3. The van der Waals surface area contributed by atoms with Gasteiger partial charge in [-0.15, -0.1) is 0 Å². The lowest BCUT2D eigenvalue weighted by Gasteiger charge is -2.18. The molecule has 1 atom stereocenters. The number of nitrogens with zero attached hydrogens (tertiary/aromatic N) is 4. The van der Waals surface area contributed by atoms with Gasteiger partial charge in [0.05, 0.1) is 29.1 Å². The van der Waals surface area contributed by atoms with Gasteiger partial charge in [0.1, 0.15) is 11.6 Å². The Labute approximate surface area is 225 Å². The van der Waals surface area contributed by atoms with Crippen LogP contribution in [0.5, 0.6) is 0 Å². The maximum atomic E-state index is 5.04. The summed E-state index contributed by atoms with van der Waals surface area (Å²) in [5, 5.41) is 15.3. The highest BCUT2D eigenvalue weighted by molar-refractivity contribution is 6.23. The predicted octanol–water partition coefficient (Wildman–Crippen LogP) is 7.79. The highest BCUT2D eigenvalue weighted by Gasteiger charge is 2.23. The van der Waals surface area contributed by atoms with E-state index in [-0.39, 0.29) is 0 Å². The lowest BCUT2D eigenvalue weighted by Crippen LogP contribution is -2.04. The third kappa shape index (κ3) is 3.27. The number of hydrogen-bond donors (Lipinski definition) is 2. The Balaban J connectivity index is 1.27. The molecular formula is C33H28N6. The van der Waals surface area contributed by atoms with E-state index in [4.69, 9.17) is 9.97 Å². The van der Waals surface area contributed by atoms with Crippen LogP contribution in [0.15, 0.2) is 60.9 Å². The second kappa shape index (κ2) is 8.21. The van der Waals surface area contributed by atoms with Gasteiger partial charge in [-0.3, -0.25) is 0 Å². The molecule has 0 amide bonds. The van der Waals surface area contributed by atoms with E-state index in [0.29, 0.717) is 5.92 Å². The summed E-state index contributed by atoms with van der Waals surface area (Å²) >= 11 is 0. The molecule has 0 bridgehead atoms. The van der Waals surface area contributed by atoms with Crippen molar-refractivity contribution < 1.29 is 0 Å². The van der Waals surface area contributed by atoms with Crippen molar-refractivity contribution >= 4 is 43.4 Å². The highest BCUT2D eigenvalue weighted by Crippen LogP contribution is 2.40. The molecule has 0 saturated heterocycles. The number of imidazole rings is 2. The van der Waals surface area contributed by atoms with Crippen molar-refractivity contribution in [3.05, 3.63) is 83.8 Å². The van der Waals surface area contributed by atoms with E-state index in [1.807, 2.05) is 19.3 Å². The first-order chi connectivity index (χ1) is 19.1. The SMILES string of the molecule is CC[C@@H](C)c1nc2c([nH]1)CCc1c-2ccc2cc(-c3ccc4c(c3)c3cnncc3c3nc(C)[nH]c43)ccc12. The third-order valence-electron chi connectivity index (χ3n) is 8.61. The van der Waals surface area contributed by atoms with Gasteiger partial charge in [-0.25, -0.2) is 9.97 Å². The van der Waals surface area contributed by atoms with Gasteiger partial charge in [-0.1, -0.05) is 50.2 Å². The van der Waals surface area contributed by atoms with Crippen molar-refractivity contribution in [3.8, 4) is 22.4 Å². The molecule has 0 radical (unpaired) electrons. The summed E-state index contributed by atoms with van der Waals surface area (Å²) in [4.78, 5) is 16.9. The second-order valence-electron chi connectivity index (χ2n) is 10.9. The number of H-pyrrole nitrogens is 2. The van der Waals surface area contributed by atoms with Gasteiger partial charge in [-0.05, 0) is 71.2 Å². The molecule has 3 heterocycles. The Bertz CT molecular complexity index is 2100. The van der Waals surface area contributed by atoms with Gasteiger partial charge < -0.3 is 9.97 Å². The van der Waals surface area contributed by atoms with E-state index in [2.05, 4.69) is 82.5 Å². The van der Waals surface area contributed by atoms with Crippen molar-refractivity contribution in [1.29, 1.82) is 0 Å². The summed E-state index contributed by atoms with van der Waals surface area (Å²) in [7, 11) is 0. The number of aromatic amines is 2. The summed E-state index contributed by atoms with van der Waals surface area (Å²) in [5.41, 5.74) is 9.50. The number of fused-ring (bicyclic) bond motifs is 11. The number of hydrogen-bond acceptors (Lipinski definition) is 4. The Kier molecular flexibility index (Phi) is 4.72. The van der Waals surface area contributed by atoms with Crippen LogP contribution in [0, 0.1) is 6.92 Å². The van der Waals surface area contributed by atoms with Crippen molar-refractivity contribution in [2.24, 2.45) is 0 Å². The first-order valence-corrected chi connectivity index (χ1v) is 13.8. The van der Waals surface area contributed by atoms with Crippen molar-refractivity contribution in [1.82, 2.24) is 30.1 Å². The molecule has 0 unspecified atom stereocenters. The Morgan fingerprint density at radius 3 is 2.44 bits per heavy atom. The van der Waals surface area contributed by atoms with Gasteiger partial charge in [0.15, 0.2) is 0 Å². The van der Waals surface area contributed by atoms with E-state index in [1.165, 1.54) is 38.7 Å². The molecule has 3 aromatic heterocycles. The minimum absolute atomic E-state index is 0.446. The molecule has 7 aromatic rings. The molecule has 6 heteroatoms. The number of nitrogens with one attached hydrogen (secondary N) is 2. The number of rotatable bonds is 3. The lowest BCUT2D eigenvalue weighted by atomic mass is 9.87. The molecule has 0 fully saturated rings. The average molecular weight is 509 g/mol. The molecule has 8 rings (SSSR count). The van der Waals surface area contributed by atoms with E-state index < -0.39 is 0 Å². The van der Waals surface area contributed by atoms with Crippen LogP contribution >= 0.6 is 0 Å². The summed E-state index contributed by atoms with van der Waals surface area (Å²) in [6.07, 6.45) is 6.80. The van der Waals surface area contributed by atoms with Crippen LogP contribution in [0.2, 0.25) is 0 Å². The van der Waals surface area contributed by atoms with Crippen LogP contribution in [0.25, 0.3) is 65.7 Å². The first-order valence-electron chi connectivity index (χ1n) is 13.8. The molecule has 0 saturated carbocycles. The monoisotopic (exact) mass is 508 g/mol. The fourth-order valence-electron chi connectivity index (χ4n) is 6.35. The number of aromatic nitrogens is 6. The standard InChI is InChI=1S/C33H28N6/c1-4-17(2)33-38-29-12-11-23-22-8-5-19(13-21(22)7-10-24(23)30(29)39-33)20-6-9-25-26(14-20)27-15-34-35-16-28(27)32-31(25)36-18(3)37-32/h5-10,13-17H,4,11-12H2,1-3H3,(H,36,37)(H,38,39)/t17-/m1/s1. The molecule has 0 aliphatic heterocycles. The van der Waals surface area contributed by atoms with Crippen LogP contribution in [0.4, 0.5) is 0 Å². The smallest absolute Gasteiger partial charge is 0.109 e. The Morgan fingerprint density at radius 2 is 1.59 bits per heavy atom. The molecule has 190 valence electrons. The third-order valence-corrected chi connectivity index (χ3v) is 8.61. The van der Waals surface area contributed by atoms with Crippen LogP contribution in [-0.4, -0.2) is 30.1 Å². The van der Waals surface area contributed by atoms with E-state index in [0.717, 1.165) is 69.2 Å². The molecule has 39 heavy (non-hydrogen) atoms. The van der Waals surface area contributed by atoms with E-state index in [1.54, 1.807) is 0 Å². The molecular weight excluding hydrogens is 480 g/mol. The van der Waals surface area contributed by atoms with E-state index >= 15 is 0 Å². The average Bonchev–Trinajstić information content (AvgIpc) is 3.60. The van der Waals surface area contributed by atoms with Crippen molar-refractivity contribution in [2.45, 2.75) is 46.0 Å². The van der Waals surface area contributed by atoms with Crippen molar-refractivity contribution in [3.63, 3.8) is 0 Å². The summed E-state index contributed by atoms with van der Waals surface area (Å²) in [5.74, 6) is 2.46. The van der Waals surface area contributed by atoms with Gasteiger partial charge in [-0.2, -0.15) is 10.2 Å². The fourth-order valence-corrected chi connectivity index (χ4v) is 6.35. The van der Waals surface area contributed by atoms with E-state index in [9.17, 15) is 0 Å². The summed E-state index contributed by atoms with van der Waals surface area (Å²) < 4.78 is 0. The van der Waals surface area contributed by atoms with Crippen LogP contribution < -0.4 is 0 Å². The normalized spacial score (nSPS) is 13.8. The van der Waals surface area contributed by atoms with Crippen LogP contribution in [-0.2, 0) is 12.8 Å². The maximum Gasteiger partial charge on any atom is 0.109 e. The maximum absolute atomic E-state index is 5.04. The molecule has 1 aliphatic rings. The first kappa shape index (κ1) is 22.4. The fraction of sp³-hybridized carbons (Fsp3) is 0.212. The highest BCUT2D eigenvalue weighted by atomic mass is 15.1. The summed E-state index contributed by atoms with van der Waals surface area (Å²) in [6, 6.07) is 18.1. The Hall–Kier alpha value is -4.58. The molecule has 1 aliphatic carbocycles. The minimum atomic E-state index is 0.446. The zero-order valence-electron chi connectivity index (χ0n) is 22.3. The molecule has 6 nitrogen and oxygen atoms in total. The molecule has 4 aromatic carbocycles. The number of aryl methyl sites for hydroxylation is 3. The Morgan fingerprint density at radius 1 is 0.795 bits per heavy atom. The second-order valence-corrected chi connectivity index (χ2v) is 10.9. The minimum Gasteiger partial charge on any atom is -0.345 e. The largest absolute Gasteiger partial charge is 0.345 e. The topological polar surface area (TPSA) is 83.1 Å². The van der Waals surface area contributed by atoms with Gasteiger partial charge in [0.2, 0.25) is 0 Å². The lowest BCUT2D eigenvalue weighted by molar-refractivity contribution is 0.687. The number of benzene rings is 4. The molecule has 2 N–H and O–H groups in total. The van der Waals surface area contributed by atoms with Crippen LogP contribution in [0.1, 0.15) is 49.1 Å². The van der Waals surface area contributed by atoms with Gasteiger partial charge in [0.25, 0.3) is 0 Å². The molecule has 0 spiro atoms. The summed E-state index contributed by atoms with van der Waals surface area (Å²) in [6.45, 7) is 6.46. The quantitative estimate of drug-likeness (QED) is 0.239. The van der Waals surface area contributed by atoms with Gasteiger partial charge >= 0.3 is 0 Å².